The van der Waals surface area contributed by atoms with Crippen LogP contribution in [-0.4, -0.2) is 0 Å². The molecule has 0 amide bonds. The first-order valence-corrected chi connectivity index (χ1v) is 7.00. The highest BCUT2D eigenvalue weighted by Gasteiger charge is 2.38. The summed E-state index contributed by atoms with van der Waals surface area (Å²) in [6, 6.07) is 0. The molecule has 0 N–H and O–H groups in total. The van der Waals surface area contributed by atoms with Gasteiger partial charge in [-0.05, 0) is 42.9 Å². The highest BCUT2D eigenvalue weighted by molar-refractivity contribution is 5.04. The van der Waals surface area contributed by atoms with E-state index in [2.05, 4.69) is 55.0 Å². The summed E-state index contributed by atoms with van der Waals surface area (Å²) in [5.74, 6) is 2.24. The fraction of sp³-hybridized carbons (Fsp3) is 0.875. The lowest BCUT2D eigenvalue weighted by Crippen LogP contribution is -2.37. The zero-order valence-corrected chi connectivity index (χ0v) is 12.6. The van der Waals surface area contributed by atoms with Gasteiger partial charge in [0.25, 0.3) is 0 Å². The maximum Gasteiger partial charge on any atom is -0.0155 e. The molecule has 0 saturated heterocycles. The fourth-order valence-corrected chi connectivity index (χ4v) is 3.27. The Morgan fingerprint density at radius 3 is 1.88 bits per heavy atom. The number of rotatable bonds is 7. The van der Waals surface area contributed by atoms with Crippen LogP contribution in [0.2, 0.25) is 0 Å². The molecule has 0 saturated carbocycles. The number of hydrogen-bond donors (Lipinski definition) is 0. The summed E-state index contributed by atoms with van der Waals surface area (Å²) in [6.45, 7) is 20.6. The van der Waals surface area contributed by atoms with E-state index >= 15 is 0 Å². The average molecular weight is 224 g/mol. The van der Waals surface area contributed by atoms with E-state index in [9.17, 15) is 0 Å². The third kappa shape index (κ3) is 3.12. The van der Waals surface area contributed by atoms with Crippen LogP contribution in [0, 0.1) is 23.2 Å². The lowest BCUT2D eigenvalue weighted by Gasteiger charge is -2.45. The van der Waals surface area contributed by atoms with Crippen molar-refractivity contribution in [2.24, 2.45) is 23.2 Å². The van der Waals surface area contributed by atoms with E-state index < -0.39 is 0 Å². The molecule has 0 heterocycles. The summed E-state index contributed by atoms with van der Waals surface area (Å²) in [4.78, 5) is 0. The van der Waals surface area contributed by atoms with Gasteiger partial charge in [0.2, 0.25) is 0 Å². The molecule has 0 nitrogen and oxygen atoms in total. The van der Waals surface area contributed by atoms with E-state index in [0.29, 0.717) is 11.3 Å². The molecule has 0 aromatic heterocycles. The topological polar surface area (TPSA) is 0 Å². The van der Waals surface area contributed by atoms with Crippen LogP contribution >= 0.6 is 0 Å². The molecule has 4 atom stereocenters. The van der Waals surface area contributed by atoms with Gasteiger partial charge in [0.15, 0.2) is 0 Å². The first-order valence-electron chi connectivity index (χ1n) is 7.00. The molecule has 0 spiro atoms. The van der Waals surface area contributed by atoms with Crippen molar-refractivity contribution < 1.29 is 0 Å². The Morgan fingerprint density at radius 1 is 1.12 bits per heavy atom. The third-order valence-corrected chi connectivity index (χ3v) is 5.10. The quantitative estimate of drug-likeness (QED) is 0.487. The highest BCUT2D eigenvalue weighted by atomic mass is 14.4. The molecule has 0 aromatic rings. The minimum absolute atomic E-state index is 0.413. The number of hydrogen-bond acceptors (Lipinski definition) is 0. The third-order valence-electron chi connectivity index (χ3n) is 5.10. The Kier molecular flexibility index (Phi) is 6.36. The molecule has 0 fully saturated rings. The van der Waals surface area contributed by atoms with Crippen LogP contribution in [0.3, 0.4) is 0 Å². The SMILES string of the molecule is C=C(C)C(CC)C(C)(CC)C(C)C(C)CC. The van der Waals surface area contributed by atoms with Crippen LogP contribution in [0.25, 0.3) is 0 Å². The lowest BCUT2D eigenvalue weighted by molar-refractivity contribution is 0.0747. The molecule has 0 aliphatic rings. The summed E-state index contributed by atoms with van der Waals surface area (Å²) in [7, 11) is 0. The van der Waals surface area contributed by atoms with Gasteiger partial charge in [-0.2, -0.15) is 0 Å². The predicted octanol–water partition coefficient (Wildman–Crippen LogP) is 5.69. The summed E-state index contributed by atoms with van der Waals surface area (Å²) < 4.78 is 0. The maximum absolute atomic E-state index is 4.21. The largest absolute Gasteiger partial charge is 0.0998 e. The van der Waals surface area contributed by atoms with E-state index in [1.54, 1.807) is 0 Å². The molecule has 0 bridgehead atoms. The molecule has 0 rings (SSSR count). The minimum atomic E-state index is 0.413. The Hall–Kier alpha value is -0.260. The second-order valence-corrected chi connectivity index (χ2v) is 5.84. The molecule has 0 aliphatic carbocycles. The maximum atomic E-state index is 4.21. The van der Waals surface area contributed by atoms with Crippen LogP contribution in [-0.2, 0) is 0 Å². The van der Waals surface area contributed by atoms with Gasteiger partial charge in [-0.25, -0.2) is 0 Å². The second-order valence-electron chi connectivity index (χ2n) is 5.84. The van der Waals surface area contributed by atoms with Crippen LogP contribution in [0.1, 0.15) is 67.7 Å². The van der Waals surface area contributed by atoms with E-state index in [-0.39, 0.29) is 0 Å². The normalized spacial score (nSPS) is 20.9. The van der Waals surface area contributed by atoms with Crippen molar-refractivity contribution in [2.45, 2.75) is 67.7 Å². The van der Waals surface area contributed by atoms with Crippen molar-refractivity contribution >= 4 is 0 Å². The smallest absolute Gasteiger partial charge is 0.0155 e. The van der Waals surface area contributed by atoms with Gasteiger partial charge in [-0.15, -0.1) is 0 Å². The summed E-state index contributed by atoms with van der Waals surface area (Å²) >= 11 is 0. The highest BCUT2D eigenvalue weighted by Crippen LogP contribution is 2.47. The van der Waals surface area contributed by atoms with Gasteiger partial charge < -0.3 is 0 Å². The molecular weight excluding hydrogens is 192 g/mol. The van der Waals surface area contributed by atoms with Gasteiger partial charge in [0.1, 0.15) is 0 Å². The first-order chi connectivity index (χ1) is 7.34. The molecule has 16 heavy (non-hydrogen) atoms. The lowest BCUT2D eigenvalue weighted by atomic mass is 9.60. The van der Waals surface area contributed by atoms with E-state index in [1.165, 1.54) is 24.8 Å². The predicted molar refractivity (Wildman–Crippen MR) is 75.6 cm³/mol. The Labute approximate surface area is 104 Å². The molecule has 96 valence electrons. The number of allylic oxidation sites excluding steroid dienone is 1. The first kappa shape index (κ1) is 15.7. The Bertz CT molecular complexity index is 216. The van der Waals surface area contributed by atoms with Crippen LogP contribution < -0.4 is 0 Å². The van der Waals surface area contributed by atoms with Crippen molar-refractivity contribution in [3.05, 3.63) is 12.2 Å². The zero-order valence-electron chi connectivity index (χ0n) is 12.6. The standard InChI is InChI=1S/C16H32/c1-9-13(6)14(7)16(8,11-3)15(10-2)12(4)5/h13-15H,4,9-11H2,1-3,5-8H3. The Morgan fingerprint density at radius 2 is 1.62 bits per heavy atom. The van der Waals surface area contributed by atoms with Gasteiger partial charge in [-0.1, -0.05) is 60.1 Å². The van der Waals surface area contributed by atoms with Crippen molar-refractivity contribution in [3.63, 3.8) is 0 Å². The minimum Gasteiger partial charge on any atom is -0.0998 e. The molecular formula is C16H32. The van der Waals surface area contributed by atoms with Gasteiger partial charge in [-0.3, -0.25) is 0 Å². The fourth-order valence-electron chi connectivity index (χ4n) is 3.27. The average Bonchev–Trinajstić information content (AvgIpc) is 2.26. The van der Waals surface area contributed by atoms with Gasteiger partial charge in [0, 0.05) is 0 Å². The summed E-state index contributed by atoms with van der Waals surface area (Å²) in [5, 5.41) is 0. The van der Waals surface area contributed by atoms with Gasteiger partial charge in [0.05, 0.1) is 0 Å². The molecule has 4 unspecified atom stereocenters. The van der Waals surface area contributed by atoms with Crippen molar-refractivity contribution in [1.82, 2.24) is 0 Å². The Balaban J connectivity index is 5.07. The molecule has 0 radical (unpaired) electrons. The van der Waals surface area contributed by atoms with Crippen LogP contribution in [0.5, 0.6) is 0 Å². The summed E-state index contributed by atoms with van der Waals surface area (Å²) in [6.07, 6.45) is 3.76. The van der Waals surface area contributed by atoms with Crippen molar-refractivity contribution in [2.75, 3.05) is 0 Å². The zero-order chi connectivity index (χ0) is 12.9. The molecule has 0 heteroatoms. The van der Waals surface area contributed by atoms with E-state index in [0.717, 1.165) is 11.8 Å². The second kappa shape index (κ2) is 6.47. The van der Waals surface area contributed by atoms with Gasteiger partial charge >= 0.3 is 0 Å². The van der Waals surface area contributed by atoms with Crippen molar-refractivity contribution in [1.29, 1.82) is 0 Å². The van der Waals surface area contributed by atoms with E-state index in [1.807, 2.05) is 0 Å². The molecule has 0 aromatic carbocycles. The molecule has 0 aliphatic heterocycles. The van der Waals surface area contributed by atoms with Crippen LogP contribution in [0.15, 0.2) is 12.2 Å². The van der Waals surface area contributed by atoms with E-state index in [4.69, 9.17) is 0 Å². The van der Waals surface area contributed by atoms with Crippen molar-refractivity contribution in [3.8, 4) is 0 Å². The van der Waals surface area contributed by atoms with Crippen LogP contribution in [0.4, 0.5) is 0 Å². The monoisotopic (exact) mass is 224 g/mol. The summed E-state index contributed by atoms with van der Waals surface area (Å²) in [5.41, 5.74) is 1.78.